The van der Waals surface area contributed by atoms with Crippen molar-refractivity contribution in [2.75, 3.05) is 6.54 Å². The van der Waals surface area contributed by atoms with E-state index in [1.54, 1.807) is 10.9 Å². The van der Waals surface area contributed by atoms with E-state index < -0.39 is 23.6 Å². The Morgan fingerprint density at radius 2 is 1.85 bits per heavy atom. The molecule has 1 amide bonds. The van der Waals surface area contributed by atoms with Crippen LogP contribution in [-0.4, -0.2) is 38.1 Å². The van der Waals surface area contributed by atoms with Gasteiger partial charge in [-0.15, -0.1) is 0 Å². The number of ketones is 1. The summed E-state index contributed by atoms with van der Waals surface area (Å²) >= 11 is 0. The summed E-state index contributed by atoms with van der Waals surface area (Å²) in [4.78, 5) is 27.7. The lowest BCUT2D eigenvalue weighted by Crippen LogP contribution is -2.45. The molecule has 0 bridgehead atoms. The molecule has 1 aliphatic heterocycles. The molecule has 0 fully saturated rings. The molecule has 9 heteroatoms. The summed E-state index contributed by atoms with van der Waals surface area (Å²) in [7, 11) is 1.81. The molecule has 5 rings (SSSR count). The average Bonchev–Trinajstić information content (AvgIpc) is 3.47. The Bertz CT molecular complexity index is 1410. The molecular formula is C25H20F2N4O3. The summed E-state index contributed by atoms with van der Waals surface area (Å²) in [5.74, 6) is -2.50. The van der Waals surface area contributed by atoms with Crippen molar-refractivity contribution in [1.29, 1.82) is 0 Å². The van der Waals surface area contributed by atoms with Crippen LogP contribution in [0, 0.1) is 11.6 Å². The molecule has 0 radical (unpaired) electrons. The van der Waals surface area contributed by atoms with Crippen molar-refractivity contribution in [3.8, 4) is 11.3 Å². The van der Waals surface area contributed by atoms with Crippen LogP contribution in [0.5, 0.6) is 0 Å². The second-order valence-corrected chi connectivity index (χ2v) is 8.30. The fraction of sp³-hybridized carbons (Fsp3) is 0.200. The lowest BCUT2D eigenvalue weighted by Gasteiger charge is -2.39. The van der Waals surface area contributed by atoms with E-state index in [0.717, 1.165) is 28.8 Å². The Balaban J connectivity index is 1.55. The average molecular weight is 462 g/mol. The summed E-state index contributed by atoms with van der Waals surface area (Å²) in [5.41, 5.74) is 2.50. The first-order valence-electron chi connectivity index (χ1n) is 10.6. The van der Waals surface area contributed by atoms with Crippen molar-refractivity contribution in [1.82, 2.24) is 19.8 Å². The quantitative estimate of drug-likeness (QED) is 0.453. The predicted octanol–water partition coefficient (Wildman–Crippen LogP) is 4.27. The number of hydrogen-bond acceptors (Lipinski definition) is 5. The van der Waals surface area contributed by atoms with Crippen molar-refractivity contribution in [3.63, 3.8) is 0 Å². The summed E-state index contributed by atoms with van der Waals surface area (Å²) in [6.07, 6.45) is 3.62. The number of nitrogens with zero attached hydrogens (tertiary/aromatic N) is 4. The first kappa shape index (κ1) is 21.7. The molecule has 7 nitrogen and oxygen atoms in total. The third-order valence-corrected chi connectivity index (χ3v) is 6.06. The molecule has 4 aromatic rings. The van der Waals surface area contributed by atoms with Gasteiger partial charge in [0, 0.05) is 37.8 Å². The van der Waals surface area contributed by atoms with E-state index in [-0.39, 0.29) is 35.3 Å². The zero-order valence-electron chi connectivity index (χ0n) is 18.4. The first-order valence-corrected chi connectivity index (χ1v) is 10.6. The van der Waals surface area contributed by atoms with Crippen LogP contribution in [0.2, 0.25) is 0 Å². The maximum absolute atomic E-state index is 14.2. The standard InChI is InChI=1S/C25H20F2N4O3/c1-14(32)24-18-6-4-3-5-17(18)20(15-11-28-30(2)12-15)13-31(24)25(33)22-10-23(34-29-22)19-8-7-16(26)9-21(19)27/h3-12,20,24H,13H2,1-2H3. The maximum Gasteiger partial charge on any atom is 0.276 e. The Hall–Kier alpha value is -4.14. The second-order valence-electron chi connectivity index (χ2n) is 8.30. The Morgan fingerprint density at radius 1 is 1.09 bits per heavy atom. The van der Waals surface area contributed by atoms with Crippen LogP contribution in [0.1, 0.15) is 46.1 Å². The van der Waals surface area contributed by atoms with E-state index >= 15 is 0 Å². The number of hydrogen-bond donors (Lipinski definition) is 0. The Kier molecular flexibility index (Phi) is 5.31. The van der Waals surface area contributed by atoms with Crippen LogP contribution in [0.4, 0.5) is 8.78 Å². The summed E-state index contributed by atoms with van der Waals surface area (Å²) in [6, 6.07) is 11.1. The number of rotatable bonds is 4. The fourth-order valence-electron chi connectivity index (χ4n) is 4.53. The monoisotopic (exact) mass is 462 g/mol. The van der Waals surface area contributed by atoms with E-state index in [4.69, 9.17) is 4.52 Å². The predicted molar refractivity (Wildman–Crippen MR) is 118 cm³/mol. The molecule has 0 spiro atoms. The van der Waals surface area contributed by atoms with Crippen molar-refractivity contribution in [2.45, 2.75) is 18.9 Å². The maximum atomic E-state index is 14.2. The largest absolute Gasteiger partial charge is 0.355 e. The van der Waals surface area contributed by atoms with Gasteiger partial charge in [0.2, 0.25) is 0 Å². The molecule has 2 aromatic heterocycles. The number of Topliss-reactive ketones (excluding diaryl/α,β-unsaturated/α-hetero) is 1. The van der Waals surface area contributed by atoms with Gasteiger partial charge in [-0.3, -0.25) is 14.3 Å². The number of amides is 1. The fourth-order valence-corrected chi connectivity index (χ4v) is 4.53. The number of aromatic nitrogens is 3. The molecule has 3 heterocycles. The van der Waals surface area contributed by atoms with E-state index in [0.29, 0.717) is 0 Å². The van der Waals surface area contributed by atoms with Crippen LogP contribution in [0.3, 0.4) is 0 Å². The SMILES string of the molecule is CC(=O)C1c2ccccc2C(c2cnn(C)c2)CN1C(=O)c1cc(-c2ccc(F)cc2F)on1. The molecule has 0 aliphatic carbocycles. The highest BCUT2D eigenvalue weighted by molar-refractivity contribution is 5.97. The number of carbonyl (C=O) groups is 2. The second kappa shape index (κ2) is 8.33. The topological polar surface area (TPSA) is 81.2 Å². The van der Waals surface area contributed by atoms with E-state index in [2.05, 4.69) is 10.3 Å². The van der Waals surface area contributed by atoms with Gasteiger partial charge in [0.1, 0.15) is 17.7 Å². The van der Waals surface area contributed by atoms with Crippen LogP contribution in [0.15, 0.2) is 65.4 Å². The minimum absolute atomic E-state index is 0.0126. The van der Waals surface area contributed by atoms with Crippen LogP contribution >= 0.6 is 0 Å². The van der Waals surface area contributed by atoms with Gasteiger partial charge in [-0.05, 0) is 35.7 Å². The van der Waals surface area contributed by atoms with Crippen LogP contribution < -0.4 is 0 Å². The highest BCUT2D eigenvalue weighted by atomic mass is 19.1. The third kappa shape index (κ3) is 3.68. The summed E-state index contributed by atoms with van der Waals surface area (Å²) in [6.45, 7) is 1.66. The minimum atomic E-state index is -0.833. The lowest BCUT2D eigenvalue weighted by atomic mass is 9.81. The van der Waals surface area contributed by atoms with Gasteiger partial charge in [-0.25, -0.2) is 8.78 Å². The zero-order chi connectivity index (χ0) is 24.0. The lowest BCUT2D eigenvalue weighted by molar-refractivity contribution is -0.122. The van der Waals surface area contributed by atoms with Gasteiger partial charge in [0.15, 0.2) is 17.2 Å². The van der Waals surface area contributed by atoms with Gasteiger partial charge in [-0.1, -0.05) is 29.4 Å². The van der Waals surface area contributed by atoms with E-state index in [9.17, 15) is 18.4 Å². The van der Waals surface area contributed by atoms with E-state index in [1.807, 2.05) is 37.5 Å². The van der Waals surface area contributed by atoms with Gasteiger partial charge < -0.3 is 9.42 Å². The van der Waals surface area contributed by atoms with Gasteiger partial charge in [0.05, 0.1) is 11.8 Å². The molecular weight excluding hydrogens is 442 g/mol. The highest BCUT2D eigenvalue weighted by Crippen LogP contribution is 2.40. The molecule has 0 saturated heterocycles. The number of fused-ring (bicyclic) bond motifs is 1. The molecule has 34 heavy (non-hydrogen) atoms. The molecule has 2 unspecified atom stereocenters. The normalized spacial score (nSPS) is 17.5. The Labute approximate surface area is 193 Å². The number of benzene rings is 2. The van der Waals surface area contributed by atoms with Crippen molar-refractivity contribution in [3.05, 3.63) is 94.9 Å². The third-order valence-electron chi connectivity index (χ3n) is 6.06. The molecule has 2 atom stereocenters. The summed E-state index contributed by atoms with van der Waals surface area (Å²) < 4.78 is 34.4. The van der Waals surface area contributed by atoms with Crippen molar-refractivity contribution >= 4 is 11.7 Å². The smallest absolute Gasteiger partial charge is 0.276 e. The molecule has 2 aromatic carbocycles. The molecule has 1 aliphatic rings. The first-order chi connectivity index (χ1) is 16.3. The number of halogens is 2. The molecule has 0 saturated carbocycles. The Morgan fingerprint density at radius 3 is 2.53 bits per heavy atom. The van der Waals surface area contributed by atoms with Gasteiger partial charge in [0.25, 0.3) is 5.91 Å². The van der Waals surface area contributed by atoms with Crippen molar-refractivity contribution in [2.24, 2.45) is 7.05 Å². The van der Waals surface area contributed by atoms with Crippen molar-refractivity contribution < 1.29 is 22.9 Å². The number of carbonyl (C=O) groups excluding carboxylic acids is 2. The van der Waals surface area contributed by atoms with Crippen LogP contribution in [0.25, 0.3) is 11.3 Å². The summed E-state index contributed by atoms with van der Waals surface area (Å²) in [5, 5.41) is 8.08. The minimum Gasteiger partial charge on any atom is -0.355 e. The van der Waals surface area contributed by atoms with Gasteiger partial charge >= 0.3 is 0 Å². The van der Waals surface area contributed by atoms with Crippen LogP contribution in [-0.2, 0) is 11.8 Å². The zero-order valence-corrected chi connectivity index (χ0v) is 18.4. The molecule has 172 valence electrons. The highest BCUT2D eigenvalue weighted by Gasteiger charge is 2.40. The molecule has 0 N–H and O–H groups in total. The number of aryl methyl sites for hydroxylation is 1. The van der Waals surface area contributed by atoms with Gasteiger partial charge in [-0.2, -0.15) is 5.10 Å². The van der Waals surface area contributed by atoms with E-state index in [1.165, 1.54) is 24.0 Å².